The van der Waals surface area contributed by atoms with Crippen LogP contribution in [-0.2, 0) is 26.3 Å². The number of carbonyl (C=O) groups excluding carboxylic acids is 3. The Labute approximate surface area is 150 Å². The standard InChI is InChI=1S/C17H23N3O4S/c1-16(2)6-9-11(13(18)22)15(25-12(9)17(3,4)24-16)20-14(23)8-5-10(21)19-7-8/h8H,5-7H2,1-4H3,(H2,18,22)(H,19,21)(H,20,23). The third-order valence-corrected chi connectivity index (χ3v) is 5.97. The summed E-state index contributed by atoms with van der Waals surface area (Å²) in [6, 6.07) is 0. The number of thiophene rings is 1. The molecule has 1 atom stereocenters. The van der Waals surface area contributed by atoms with Gasteiger partial charge in [0.05, 0.1) is 22.7 Å². The van der Waals surface area contributed by atoms with Gasteiger partial charge >= 0.3 is 0 Å². The lowest BCUT2D eigenvalue weighted by atomic mass is 9.86. The lowest BCUT2D eigenvalue weighted by Crippen LogP contribution is -2.42. The Kier molecular flexibility index (Phi) is 4.15. The quantitative estimate of drug-likeness (QED) is 0.754. The van der Waals surface area contributed by atoms with Crippen LogP contribution >= 0.6 is 11.3 Å². The summed E-state index contributed by atoms with van der Waals surface area (Å²) < 4.78 is 6.15. The van der Waals surface area contributed by atoms with Crippen molar-refractivity contribution in [2.24, 2.45) is 11.7 Å². The normalized spacial score (nSPS) is 23.7. The summed E-state index contributed by atoms with van der Waals surface area (Å²) in [4.78, 5) is 36.8. The van der Waals surface area contributed by atoms with Crippen LogP contribution in [0, 0.1) is 5.92 Å². The molecule has 1 aromatic rings. The Hall–Kier alpha value is -1.93. The molecule has 0 bridgehead atoms. The van der Waals surface area contributed by atoms with Gasteiger partial charge in [0.15, 0.2) is 0 Å². The van der Waals surface area contributed by atoms with Gasteiger partial charge in [0, 0.05) is 24.3 Å². The Morgan fingerprint density at radius 3 is 2.56 bits per heavy atom. The average Bonchev–Trinajstić information content (AvgIpc) is 3.01. The van der Waals surface area contributed by atoms with E-state index in [4.69, 9.17) is 10.5 Å². The van der Waals surface area contributed by atoms with E-state index in [0.717, 1.165) is 10.4 Å². The molecule has 7 nitrogen and oxygen atoms in total. The molecule has 3 amide bonds. The largest absolute Gasteiger partial charge is 0.365 e. The van der Waals surface area contributed by atoms with Crippen molar-refractivity contribution in [1.29, 1.82) is 0 Å². The van der Waals surface area contributed by atoms with Crippen molar-refractivity contribution in [2.75, 3.05) is 11.9 Å². The molecule has 4 N–H and O–H groups in total. The SMILES string of the molecule is CC1(C)Cc2c(sc(NC(=O)C3CNC(=O)C3)c2C(N)=O)C(C)(C)O1. The molecule has 8 heteroatoms. The molecule has 2 aliphatic rings. The molecule has 1 fully saturated rings. The van der Waals surface area contributed by atoms with Gasteiger partial charge in [-0.05, 0) is 33.3 Å². The number of nitrogens with two attached hydrogens (primary N) is 1. The van der Waals surface area contributed by atoms with Crippen LogP contribution in [0.2, 0.25) is 0 Å². The maximum Gasteiger partial charge on any atom is 0.251 e. The van der Waals surface area contributed by atoms with Gasteiger partial charge in [0.1, 0.15) is 5.00 Å². The molecule has 3 rings (SSSR count). The number of amides is 3. The van der Waals surface area contributed by atoms with Gasteiger partial charge < -0.3 is 21.1 Å². The second-order valence-electron chi connectivity index (χ2n) is 7.72. The molecule has 0 radical (unpaired) electrons. The van der Waals surface area contributed by atoms with E-state index in [1.807, 2.05) is 27.7 Å². The Morgan fingerprint density at radius 1 is 1.32 bits per heavy atom. The third-order valence-electron chi connectivity index (χ3n) is 4.52. The molecule has 1 saturated heterocycles. The molecule has 0 aromatic carbocycles. The molecule has 1 aromatic heterocycles. The summed E-state index contributed by atoms with van der Waals surface area (Å²) >= 11 is 1.32. The van der Waals surface area contributed by atoms with Gasteiger partial charge in [0.2, 0.25) is 11.8 Å². The van der Waals surface area contributed by atoms with Crippen LogP contribution in [0.4, 0.5) is 5.00 Å². The number of rotatable bonds is 3. The predicted octanol–water partition coefficient (Wildman–Crippen LogP) is 1.51. The number of ether oxygens (including phenoxy) is 1. The predicted molar refractivity (Wildman–Crippen MR) is 94.5 cm³/mol. The highest BCUT2D eigenvalue weighted by Crippen LogP contribution is 2.48. The second-order valence-corrected chi connectivity index (χ2v) is 8.74. The van der Waals surface area contributed by atoms with Crippen LogP contribution in [0.15, 0.2) is 0 Å². The van der Waals surface area contributed by atoms with Crippen LogP contribution in [-0.4, -0.2) is 29.9 Å². The molecular formula is C17H23N3O4S. The van der Waals surface area contributed by atoms with Crippen LogP contribution < -0.4 is 16.4 Å². The summed E-state index contributed by atoms with van der Waals surface area (Å²) in [5.41, 5.74) is 5.80. The highest BCUT2D eigenvalue weighted by Gasteiger charge is 2.43. The van der Waals surface area contributed by atoms with Gasteiger partial charge in [-0.3, -0.25) is 14.4 Å². The van der Waals surface area contributed by atoms with Crippen LogP contribution in [0.25, 0.3) is 0 Å². The van der Waals surface area contributed by atoms with Gasteiger partial charge in [-0.2, -0.15) is 0 Å². The van der Waals surface area contributed by atoms with Crippen LogP contribution in [0.5, 0.6) is 0 Å². The number of nitrogens with one attached hydrogen (secondary N) is 2. The number of hydrogen-bond donors (Lipinski definition) is 3. The molecule has 0 spiro atoms. The molecule has 136 valence electrons. The summed E-state index contributed by atoms with van der Waals surface area (Å²) in [6.07, 6.45) is 0.699. The Bertz CT molecular complexity index is 766. The average molecular weight is 365 g/mol. The fraction of sp³-hybridized carbons (Fsp3) is 0.588. The summed E-state index contributed by atoms with van der Waals surface area (Å²) in [6.45, 7) is 8.13. The summed E-state index contributed by atoms with van der Waals surface area (Å²) in [5, 5.41) is 5.89. The summed E-state index contributed by atoms with van der Waals surface area (Å²) in [7, 11) is 0. The van der Waals surface area contributed by atoms with E-state index in [1.165, 1.54) is 11.3 Å². The van der Waals surface area contributed by atoms with Crippen LogP contribution in [0.1, 0.15) is 54.9 Å². The minimum atomic E-state index is -0.584. The highest BCUT2D eigenvalue weighted by atomic mass is 32.1. The van der Waals surface area contributed by atoms with E-state index in [2.05, 4.69) is 10.6 Å². The van der Waals surface area contributed by atoms with E-state index in [-0.39, 0.29) is 18.2 Å². The molecule has 0 aliphatic carbocycles. The molecule has 3 heterocycles. The number of anilines is 1. The first kappa shape index (κ1) is 17.9. The van der Waals surface area contributed by atoms with Crippen molar-refractivity contribution < 1.29 is 19.1 Å². The fourth-order valence-electron chi connectivity index (χ4n) is 3.67. The van der Waals surface area contributed by atoms with Crippen molar-refractivity contribution in [3.8, 4) is 0 Å². The van der Waals surface area contributed by atoms with Crippen molar-refractivity contribution in [3.05, 3.63) is 16.0 Å². The molecule has 25 heavy (non-hydrogen) atoms. The maximum atomic E-state index is 12.5. The zero-order valence-corrected chi connectivity index (χ0v) is 15.6. The van der Waals surface area contributed by atoms with Gasteiger partial charge in [-0.25, -0.2) is 0 Å². The number of fused-ring (bicyclic) bond motifs is 1. The topological polar surface area (TPSA) is 111 Å². The van der Waals surface area contributed by atoms with Gasteiger partial charge in [0.25, 0.3) is 5.91 Å². The molecule has 1 unspecified atom stereocenters. The number of primary amides is 1. The molecular weight excluding hydrogens is 342 g/mol. The Balaban J connectivity index is 1.98. The van der Waals surface area contributed by atoms with Crippen LogP contribution in [0.3, 0.4) is 0 Å². The van der Waals surface area contributed by atoms with Crippen molar-refractivity contribution in [1.82, 2.24) is 5.32 Å². The van der Waals surface area contributed by atoms with E-state index in [9.17, 15) is 14.4 Å². The third kappa shape index (κ3) is 3.28. The zero-order valence-electron chi connectivity index (χ0n) is 14.8. The minimum absolute atomic E-state index is 0.142. The Morgan fingerprint density at radius 2 is 2.00 bits per heavy atom. The van der Waals surface area contributed by atoms with E-state index in [0.29, 0.717) is 23.5 Å². The first-order valence-electron chi connectivity index (χ1n) is 8.24. The second kappa shape index (κ2) is 5.81. The van der Waals surface area contributed by atoms with E-state index < -0.39 is 23.0 Å². The monoisotopic (exact) mass is 365 g/mol. The smallest absolute Gasteiger partial charge is 0.251 e. The van der Waals surface area contributed by atoms with Gasteiger partial charge in [-0.1, -0.05) is 0 Å². The number of hydrogen-bond acceptors (Lipinski definition) is 5. The molecule has 0 saturated carbocycles. The minimum Gasteiger partial charge on any atom is -0.365 e. The lowest BCUT2D eigenvalue weighted by molar-refractivity contribution is -0.135. The molecule has 2 aliphatic heterocycles. The summed E-state index contributed by atoms with van der Waals surface area (Å²) in [5.74, 6) is -1.43. The van der Waals surface area contributed by atoms with E-state index >= 15 is 0 Å². The van der Waals surface area contributed by atoms with Gasteiger partial charge in [-0.15, -0.1) is 11.3 Å². The first-order chi connectivity index (χ1) is 11.5. The fourth-order valence-corrected chi connectivity index (χ4v) is 4.94. The van der Waals surface area contributed by atoms with E-state index in [1.54, 1.807) is 0 Å². The maximum absolute atomic E-state index is 12.5. The van der Waals surface area contributed by atoms with Crippen molar-refractivity contribution in [3.63, 3.8) is 0 Å². The lowest BCUT2D eigenvalue weighted by Gasteiger charge is -2.41. The highest BCUT2D eigenvalue weighted by molar-refractivity contribution is 7.17. The zero-order chi connectivity index (χ0) is 18.6. The van der Waals surface area contributed by atoms with Crippen molar-refractivity contribution in [2.45, 2.75) is 51.7 Å². The van der Waals surface area contributed by atoms with Crippen molar-refractivity contribution >= 4 is 34.1 Å². The first-order valence-corrected chi connectivity index (χ1v) is 9.05. The number of carbonyl (C=O) groups is 3.